The second kappa shape index (κ2) is 24.7. The van der Waals surface area contributed by atoms with E-state index in [1.54, 1.807) is 55.5 Å². The van der Waals surface area contributed by atoms with Gasteiger partial charge < -0.3 is 37.6 Å². The molecule has 5 aromatic heterocycles. The first-order chi connectivity index (χ1) is 34.3. The molecule has 0 radical (unpaired) electrons. The largest absolute Gasteiger partial charge is 0.399 e. The summed E-state index contributed by atoms with van der Waals surface area (Å²) in [6.07, 6.45) is 12.7. The van der Waals surface area contributed by atoms with E-state index in [0.717, 1.165) is 78.7 Å². The fraction of sp³-hybridized carbons (Fsp3) is 0.0536. The van der Waals surface area contributed by atoms with Gasteiger partial charge in [-0.2, -0.15) is 0 Å². The van der Waals surface area contributed by atoms with Crippen molar-refractivity contribution in [2.24, 2.45) is 0 Å². The number of carbonyl (C=O) groups is 2. The Bertz CT molecular complexity index is 3280. The van der Waals surface area contributed by atoms with Gasteiger partial charge >= 0.3 is 0 Å². The molecule has 5 heterocycles. The summed E-state index contributed by atoms with van der Waals surface area (Å²) in [6.45, 7) is 6.08. The predicted molar refractivity (Wildman–Crippen MR) is 287 cm³/mol. The Morgan fingerprint density at radius 1 is 0.471 bits per heavy atom. The van der Waals surface area contributed by atoms with Crippen molar-refractivity contribution in [3.05, 3.63) is 218 Å². The molecular formula is C56H52N12O2. The number of hydrogen-bond donors (Lipinski definition) is 7. The Morgan fingerprint density at radius 3 is 1.69 bits per heavy atom. The van der Waals surface area contributed by atoms with Crippen LogP contribution in [0.5, 0.6) is 0 Å². The highest BCUT2D eigenvalue weighted by Crippen LogP contribution is 2.28. The molecule has 0 atom stereocenters. The van der Waals surface area contributed by atoms with E-state index in [9.17, 15) is 9.59 Å². The third kappa shape index (κ3) is 13.9. The molecule has 0 saturated heterocycles. The molecule has 348 valence electrons. The second-order valence-corrected chi connectivity index (χ2v) is 15.2. The highest BCUT2D eigenvalue weighted by Gasteiger charge is 2.10. The smallest absolute Gasteiger partial charge is 0.256 e. The van der Waals surface area contributed by atoms with Crippen molar-refractivity contribution in [2.75, 3.05) is 37.6 Å². The van der Waals surface area contributed by atoms with E-state index in [-0.39, 0.29) is 5.91 Å². The van der Waals surface area contributed by atoms with Gasteiger partial charge in [-0.1, -0.05) is 56.3 Å². The number of amides is 2. The number of aromatic nitrogens is 5. The van der Waals surface area contributed by atoms with Gasteiger partial charge in [-0.3, -0.25) is 29.5 Å². The van der Waals surface area contributed by atoms with Crippen LogP contribution < -0.4 is 37.6 Å². The number of nitrogens with zero attached hydrogens (tertiary/aromatic N) is 5. The highest BCUT2D eigenvalue weighted by molar-refractivity contribution is 6.05. The van der Waals surface area contributed by atoms with Gasteiger partial charge in [0.15, 0.2) is 0 Å². The molecule has 14 nitrogen and oxygen atoms in total. The third-order valence-electron chi connectivity index (χ3n) is 10.1. The number of nitrogens with one attached hydrogen (secondary N) is 6. The first kappa shape index (κ1) is 48.2. The average Bonchev–Trinajstić information content (AvgIpc) is 3.39. The summed E-state index contributed by atoms with van der Waals surface area (Å²) in [4.78, 5) is 44.1. The molecule has 0 bridgehead atoms. The molecule has 10 aromatic rings. The maximum Gasteiger partial charge on any atom is 0.256 e. The van der Waals surface area contributed by atoms with E-state index < -0.39 is 0 Å². The molecule has 0 fully saturated rings. The molecule has 0 aliphatic heterocycles. The zero-order valence-electron chi connectivity index (χ0n) is 38.8. The average molecular weight is 925 g/mol. The van der Waals surface area contributed by atoms with Gasteiger partial charge in [0.2, 0.25) is 6.41 Å². The van der Waals surface area contributed by atoms with Crippen LogP contribution in [0.3, 0.4) is 0 Å². The van der Waals surface area contributed by atoms with Crippen molar-refractivity contribution in [3.63, 3.8) is 0 Å². The molecule has 0 aliphatic rings. The number of benzene rings is 5. The lowest BCUT2D eigenvalue weighted by atomic mass is 10.1. The first-order valence-electron chi connectivity index (χ1n) is 22.5. The highest BCUT2D eigenvalue weighted by atomic mass is 16.1. The topological polar surface area (TPSA) is 197 Å². The summed E-state index contributed by atoms with van der Waals surface area (Å²) in [5, 5.41) is 20.8. The van der Waals surface area contributed by atoms with E-state index in [2.05, 4.69) is 75.9 Å². The number of carbonyl (C=O) groups excluding carboxylic acids is 2. The minimum absolute atomic E-state index is 0.244. The fourth-order valence-electron chi connectivity index (χ4n) is 6.97. The van der Waals surface area contributed by atoms with Crippen molar-refractivity contribution < 1.29 is 9.59 Å². The summed E-state index contributed by atoms with van der Waals surface area (Å²) in [5.41, 5.74) is 18.3. The Labute approximate surface area is 406 Å². The van der Waals surface area contributed by atoms with Crippen LogP contribution in [0.2, 0.25) is 0 Å². The predicted octanol–water partition coefficient (Wildman–Crippen LogP) is 13.1. The van der Waals surface area contributed by atoms with Crippen LogP contribution in [0.15, 0.2) is 207 Å². The van der Waals surface area contributed by atoms with Crippen molar-refractivity contribution in [1.82, 2.24) is 24.9 Å². The fourth-order valence-corrected chi connectivity index (χ4v) is 6.97. The number of hydrogen-bond acceptors (Lipinski definition) is 12. The van der Waals surface area contributed by atoms with Gasteiger partial charge in [0.1, 0.15) is 5.82 Å². The van der Waals surface area contributed by atoms with Crippen LogP contribution in [0.1, 0.15) is 29.8 Å². The van der Waals surface area contributed by atoms with Gasteiger partial charge in [-0.05, 0) is 128 Å². The van der Waals surface area contributed by atoms with Gasteiger partial charge in [-0.25, -0.2) is 4.98 Å². The number of nitrogen functional groups attached to an aromatic ring is 1. The van der Waals surface area contributed by atoms with Crippen LogP contribution in [-0.2, 0) is 4.79 Å². The molecule has 0 spiro atoms. The molecule has 0 aliphatic carbocycles. The van der Waals surface area contributed by atoms with E-state index in [1.165, 1.54) is 5.56 Å². The molecule has 0 unspecified atom stereocenters. The van der Waals surface area contributed by atoms with Gasteiger partial charge in [0.25, 0.3) is 5.91 Å². The Morgan fingerprint density at radius 2 is 1.01 bits per heavy atom. The molecular weight excluding hydrogens is 873 g/mol. The second-order valence-electron chi connectivity index (χ2n) is 15.2. The standard InChI is InChI=1S/C26H20N6O.C16H15N3.C12H11N3O.C2H6/c33-26(32-25-17-21(10-14-29-25)30-19-8-12-27-13-9-19)18-4-3-5-20(16-18)31-24-11-15-28-23-7-2-1-6-22(23)24;1-11-3-2-4-13(9-11)19-16-7-8-18-15-6-5-12(17)10-14(15)16;16-9-14-11-2-1-3-12(8-11)15-10-4-6-13-7-5-10;1-2/h1-17H,(H,28,31)(H2,27,29,30,32,33);2-10H,17H2,1H3,(H,18,19);1-9H,(H,13,15)(H,14,16);1-2H3. The normalized spacial score (nSPS) is 10.1. The number of para-hydroxylation sites is 1. The number of aryl methyl sites for hydroxylation is 1. The molecule has 8 N–H and O–H groups in total. The lowest BCUT2D eigenvalue weighted by Gasteiger charge is -2.11. The lowest BCUT2D eigenvalue weighted by molar-refractivity contribution is -0.105. The number of rotatable bonds is 12. The van der Waals surface area contributed by atoms with Crippen LogP contribution in [0.4, 0.5) is 62.7 Å². The van der Waals surface area contributed by atoms with Gasteiger partial charge in [0.05, 0.1) is 11.0 Å². The number of nitrogens with two attached hydrogens (primary N) is 1. The Balaban J connectivity index is 0.000000165. The molecule has 0 saturated carbocycles. The molecule has 2 amide bonds. The zero-order valence-corrected chi connectivity index (χ0v) is 38.8. The van der Waals surface area contributed by atoms with E-state index in [1.807, 2.05) is 153 Å². The zero-order chi connectivity index (χ0) is 48.9. The third-order valence-corrected chi connectivity index (χ3v) is 10.1. The summed E-state index contributed by atoms with van der Waals surface area (Å²) < 4.78 is 0. The van der Waals surface area contributed by atoms with E-state index >= 15 is 0 Å². The molecule has 10 rings (SSSR count). The van der Waals surface area contributed by atoms with Gasteiger partial charge in [-0.15, -0.1) is 0 Å². The molecule has 14 heteroatoms. The monoisotopic (exact) mass is 924 g/mol. The lowest BCUT2D eigenvalue weighted by Crippen LogP contribution is -2.13. The number of pyridine rings is 5. The SMILES string of the molecule is CC.Cc1cccc(Nc2ccnc3ccc(N)cc23)c1.O=C(Nc1cc(Nc2ccncc2)ccn1)c1cccc(Nc2ccnc3ccccc23)c1.O=CNc1cccc(Nc2ccncc2)c1. The van der Waals surface area contributed by atoms with Crippen molar-refractivity contribution >= 4 is 96.8 Å². The maximum absolute atomic E-state index is 12.9. The van der Waals surface area contributed by atoms with E-state index in [0.29, 0.717) is 17.8 Å². The molecule has 5 aromatic carbocycles. The number of fused-ring (bicyclic) bond motifs is 2. The minimum Gasteiger partial charge on any atom is -0.399 e. The van der Waals surface area contributed by atoms with Crippen LogP contribution >= 0.6 is 0 Å². The molecule has 70 heavy (non-hydrogen) atoms. The summed E-state index contributed by atoms with van der Waals surface area (Å²) in [5.74, 6) is 0.212. The van der Waals surface area contributed by atoms with Crippen LogP contribution in [0, 0.1) is 6.92 Å². The van der Waals surface area contributed by atoms with E-state index in [4.69, 9.17) is 5.73 Å². The summed E-state index contributed by atoms with van der Waals surface area (Å²) >= 11 is 0. The minimum atomic E-state index is -0.244. The Hall–Kier alpha value is -9.69. The summed E-state index contributed by atoms with van der Waals surface area (Å²) in [7, 11) is 0. The van der Waals surface area contributed by atoms with Crippen LogP contribution in [0.25, 0.3) is 21.8 Å². The van der Waals surface area contributed by atoms with Gasteiger partial charge in [0, 0.05) is 123 Å². The van der Waals surface area contributed by atoms with Crippen molar-refractivity contribution in [3.8, 4) is 0 Å². The summed E-state index contributed by atoms with van der Waals surface area (Å²) in [6, 6.07) is 51.7. The van der Waals surface area contributed by atoms with Crippen molar-refractivity contribution in [1.29, 1.82) is 0 Å². The number of anilines is 11. The van der Waals surface area contributed by atoms with Crippen LogP contribution in [-0.4, -0.2) is 37.2 Å². The van der Waals surface area contributed by atoms with Crippen molar-refractivity contribution in [2.45, 2.75) is 20.8 Å². The maximum atomic E-state index is 12.9. The quantitative estimate of drug-likeness (QED) is 0.0453. The Kier molecular flexibility index (Phi) is 17.0. The first-order valence-corrected chi connectivity index (χ1v) is 22.5.